The van der Waals surface area contributed by atoms with Crippen molar-refractivity contribution in [1.82, 2.24) is 0 Å². The van der Waals surface area contributed by atoms with Crippen LogP contribution in [0.5, 0.6) is 0 Å². The van der Waals surface area contributed by atoms with Crippen LogP contribution in [0.3, 0.4) is 0 Å². The average molecular weight is 194 g/mol. The summed E-state index contributed by atoms with van der Waals surface area (Å²) in [6.45, 7) is 4.56. The fraction of sp³-hybridized carbons (Fsp3) is 0.500. The molecule has 1 N–H and O–H groups in total. The van der Waals surface area contributed by atoms with E-state index >= 15 is 0 Å². The van der Waals surface area contributed by atoms with Gasteiger partial charge in [0.05, 0.1) is 0 Å². The Labute approximate surface area is 85.5 Å². The Bertz CT molecular complexity index is 254. The molecule has 0 aliphatic rings. The van der Waals surface area contributed by atoms with Crippen LogP contribution in [0.15, 0.2) is 24.3 Å². The van der Waals surface area contributed by atoms with Crippen molar-refractivity contribution < 1.29 is 9.84 Å². The summed E-state index contributed by atoms with van der Waals surface area (Å²) in [5.41, 5.74) is 2.43. The van der Waals surface area contributed by atoms with Gasteiger partial charge in [-0.25, -0.2) is 0 Å². The molecule has 0 saturated heterocycles. The normalized spacial score (nSPS) is 12.8. The van der Waals surface area contributed by atoms with Crippen molar-refractivity contribution in [2.24, 2.45) is 0 Å². The molecule has 0 aliphatic heterocycles. The van der Waals surface area contributed by atoms with Gasteiger partial charge in [-0.15, -0.1) is 0 Å². The summed E-state index contributed by atoms with van der Waals surface area (Å²) in [6.07, 6.45) is 0.944. The van der Waals surface area contributed by atoms with Gasteiger partial charge in [-0.05, 0) is 24.5 Å². The lowest BCUT2D eigenvalue weighted by Crippen LogP contribution is -2.14. The second-order valence-electron chi connectivity index (χ2n) is 3.28. The molecule has 1 unspecified atom stereocenters. The van der Waals surface area contributed by atoms with Gasteiger partial charge in [-0.2, -0.15) is 0 Å². The van der Waals surface area contributed by atoms with E-state index in [1.54, 1.807) is 0 Å². The summed E-state index contributed by atoms with van der Waals surface area (Å²) in [7, 11) is 0. The van der Waals surface area contributed by atoms with Gasteiger partial charge in [-0.1, -0.05) is 31.2 Å². The predicted octanol–water partition coefficient (Wildman–Crippen LogP) is 2.15. The number of aryl methyl sites for hydroxylation is 1. The lowest BCUT2D eigenvalue weighted by atomic mass is 10.1. The second-order valence-corrected chi connectivity index (χ2v) is 3.28. The summed E-state index contributed by atoms with van der Waals surface area (Å²) < 4.78 is 5.06. The Hall–Kier alpha value is -0.860. The van der Waals surface area contributed by atoms with Crippen LogP contribution in [-0.4, -0.2) is 18.0 Å². The van der Waals surface area contributed by atoms with Crippen LogP contribution in [0.25, 0.3) is 0 Å². The zero-order valence-corrected chi connectivity index (χ0v) is 8.86. The van der Waals surface area contributed by atoms with E-state index in [0.717, 1.165) is 12.0 Å². The topological polar surface area (TPSA) is 29.5 Å². The number of hydrogen-bond acceptors (Lipinski definition) is 2. The van der Waals surface area contributed by atoms with E-state index in [-0.39, 0.29) is 0 Å². The molecule has 2 heteroatoms. The molecule has 0 amide bonds. The van der Waals surface area contributed by atoms with Crippen molar-refractivity contribution in [3.05, 3.63) is 35.4 Å². The average Bonchev–Trinajstić information content (AvgIpc) is 2.19. The highest BCUT2D eigenvalue weighted by Gasteiger charge is 2.03. The Kier molecular flexibility index (Phi) is 4.63. The molecule has 1 atom stereocenters. The summed E-state index contributed by atoms with van der Waals surface area (Å²) in [5, 5.41) is 9.41. The van der Waals surface area contributed by atoms with Crippen LogP contribution in [0.1, 0.15) is 25.0 Å². The molecule has 78 valence electrons. The third kappa shape index (κ3) is 3.48. The SMILES string of the molecule is CCOC(O)Cc1ccc(CC)cc1. The summed E-state index contributed by atoms with van der Waals surface area (Å²) in [4.78, 5) is 0. The van der Waals surface area contributed by atoms with Crippen molar-refractivity contribution in [1.29, 1.82) is 0 Å². The van der Waals surface area contributed by atoms with Gasteiger partial charge in [0.2, 0.25) is 0 Å². The monoisotopic (exact) mass is 194 g/mol. The van der Waals surface area contributed by atoms with E-state index in [1.807, 2.05) is 19.1 Å². The zero-order chi connectivity index (χ0) is 10.4. The number of hydrogen-bond donors (Lipinski definition) is 1. The van der Waals surface area contributed by atoms with Gasteiger partial charge >= 0.3 is 0 Å². The molecule has 1 aromatic rings. The fourth-order valence-corrected chi connectivity index (χ4v) is 1.36. The molecule has 1 rings (SSSR count). The molecular weight excluding hydrogens is 176 g/mol. The van der Waals surface area contributed by atoms with Gasteiger partial charge < -0.3 is 9.84 Å². The first-order chi connectivity index (χ1) is 6.76. The van der Waals surface area contributed by atoms with E-state index in [2.05, 4.69) is 19.1 Å². The van der Waals surface area contributed by atoms with Crippen LogP contribution in [0.4, 0.5) is 0 Å². The molecule has 0 heterocycles. The molecule has 0 bridgehead atoms. The number of rotatable bonds is 5. The van der Waals surface area contributed by atoms with Crippen molar-refractivity contribution in [3.63, 3.8) is 0 Å². The van der Waals surface area contributed by atoms with Crippen LogP contribution < -0.4 is 0 Å². The molecule has 0 saturated carbocycles. The molecule has 0 spiro atoms. The first-order valence-electron chi connectivity index (χ1n) is 5.13. The van der Waals surface area contributed by atoms with Crippen molar-refractivity contribution in [3.8, 4) is 0 Å². The number of ether oxygens (including phenoxy) is 1. The van der Waals surface area contributed by atoms with Gasteiger partial charge in [0.25, 0.3) is 0 Å². The third-order valence-electron chi connectivity index (χ3n) is 2.20. The molecular formula is C12H18O2. The third-order valence-corrected chi connectivity index (χ3v) is 2.20. The van der Waals surface area contributed by atoms with Gasteiger partial charge in [-0.3, -0.25) is 0 Å². The van der Waals surface area contributed by atoms with E-state index < -0.39 is 6.29 Å². The van der Waals surface area contributed by atoms with Crippen LogP contribution >= 0.6 is 0 Å². The predicted molar refractivity (Wildman–Crippen MR) is 57.2 cm³/mol. The first kappa shape index (κ1) is 11.2. The Morgan fingerprint density at radius 3 is 2.21 bits per heavy atom. The van der Waals surface area contributed by atoms with Crippen molar-refractivity contribution >= 4 is 0 Å². The molecule has 0 aromatic heterocycles. The van der Waals surface area contributed by atoms with E-state index in [0.29, 0.717) is 13.0 Å². The second kappa shape index (κ2) is 5.78. The quantitative estimate of drug-likeness (QED) is 0.728. The number of aliphatic hydroxyl groups is 1. The minimum atomic E-state index is -0.674. The molecule has 0 radical (unpaired) electrons. The van der Waals surface area contributed by atoms with E-state index in [1.165, 1.54) is 5.56 Å². The maximum Gasteiger partial charge on any atom is 0.158 e. The fourth-order valence-electron chi connectivity index (χ4n) is 1.36. The van der Waals surface area contributed by atoms with Crippen molar-refractivity contribution in [2.75, 3.05) is 6.61 Å². The number of benzene rings is 1. The van der Waals surface area contributed by atoms with Crippen LogP contribution in [0, 0.1) is 0 Å². The number of aliphatic hydroxyl groups excluding tert-OH is 1. The highest BCUT2D eigenvalue weighted by atomic mass is 16.6. The lowest BCUT2D eigenvalue weighted by Gasteiger charge is -2.10. The molecule has 1 aromatic carbocycles. The van der Waals surface area contributed by atoms with Gasteiger partial charge in [0.15, 0.2) is 6.29 Å². The largest absolute Gasteiger partial charge is 0.368 e. The summed E-state index contributed by atoms with van der Waals surface area (Å²) >= 11 is 0. The standard InChI is InChI=1S/C12H18O2/c1-3-10-5-7-11(8-6-10)9-12(13)14-4-2/h5-8,12-13H,3-4,9H2,1-2H3. The Morgan fingerprint density at radius 1 is 1.14 bits per heavy atom. The van der Waals surface area contributed by atoms with Crippen LogP contribution in [0.2, 0.25) is 0 Å². The molecule has 14 heavy (non-hydrogen) atoms. The highest BCUT2D eigenvalue weighted by Crippen LogP contribution is 2.07. The maximum atomic E-state index is 9.41. The van der Waals surface area contributed by atoms with E-state index in [9.17, 15) is 5.11 Å². The minimum Gasteiger partial charge on any atom is -0.368 e. The summed E-state index contributed by atoms with van der Waals surface area (Å²) in [6, 6.07) is 8.27. The van der Waals surface area contributed by atoms with Gasteiger partial charge in [0, 0.05) is 13.0 Å². The van der Waals surface area contributed by atoms with E-state index in [4.69, 9.17) is 4.74 Å². The zero-order valence-electron chi connectivity index (χ0n) is 8.86. The molecule has 2 nitrogen and oxygen atoms in total. The smallest absolute Gasteiger partial charge is 0.158 e. The highest BCUT2D eigenvalue weighted by molar-refractivity contribution is 5.22. The van der Waals surface area contributed by atoms with Crippen molar-refractivity contribution in [2.45, 2.75) is 33.0 Å². The molecule has 0 fully saturated rings. The summed E-state index contributed by atoms with van der Waals surface area (Å²) in [5.74, 6) is 0. The minimum absolute atomic E-state index is 0.550. The Morgan fingerprint density at radius 2 is 1.71 bits per heavy atom. The first-order valence-corrected chi connectivity index (χ1v) is 5.13. The Balaban J connectivity index is 2.50. The maximum absolute atomic E-state index is 9.41. The van der Waals surface area contributed by atoms with Gasteiger partial charge in [0.1, 0.15) is 0 Å². The lowest BCUT2D eigenvalue weighted by molar-refractivity contribution is -0.0927. The van der Waals surface area contributed by atoms with Crippen LogP contribution in [-0.2, 0) is 17.6 Å². The molecule has 0 aliphatic carbocycles.